The Labute approximate surface area is 119 Å². The van der Waals surface area contributed by atoms with Crippen molar-refractivity contribution in [2.45, 2.75) is 34.6 Å². The predicted molar refractivity (Wildman–Crippen MR) is 78.5 cm³/mol. The highest BCUT2D eigenvalue weighted by Crippen LogP contribution is 2.24. The Kier molecular flexibility index (Phi) is 3.93. The minimum Gasteiger partial charge on any atom is -0.483 e. The number of carbonyl (C=O) groups is 1. The monoisotopic (exact) mass is 272 g/mol. The molecular formula is C16H20N2O2. The first kappa shape index (κ1) is 14.3. The molecule has 1 heterocycles. The summed E-state index contributed by atoms with van der Waals surface area (Å²) in [6.07, 6.45) is 0. The van der Waals surface area contributed by atoms with Gasteiger partial charge in [-0.2, -0.15) is 5.10 Å². The first-order valence-electron chi connectivity index (χ1n) is 6.65. The molecule has 0 fully saturated rings. The molecule has 0 aliphatic rings. The van der Waals surface area contributed by atoms with Gasteiger partial charge in [-0.1, -0.05) is 17.7 Å². The average Bonchev–Trinajstić information content (AvgIpc) is 2.66. The van der Waals surface area contributed by atoms with Crippen molar-refractivity contribution in [3.63, 3.8) is 0 Å². The van der Waals surface area contributed by atoms with E-state index in [1.54, 1.807) is 0 Å². The van der Waals surface area contributed by atoms with Crippen LogP contribution >= 0.6 is 0 Å². The second-order valence-corrected chi connectivity index (χ2v) is 5.25. The normalized spacial score (nSPS) is 10.7. The van der Waals surface area contributed by atoms with Crippen LogP contribution in [0, 0.1) is 34.6 Å². The number of benzene rings is 1. The lowest BCUT2D eigenvalue weighted by Gasteiger charge is -2.12. The number of aryl methyl sites for hydroxylation is 5. The van der Waals surface area contributed by atoms with Gasteiger partial charge in [-0.3, -0.25) is 4.79 Å². The molecular weight excluding hydrogens is 252 g/mol. The SMILES string of the molecule is Cc1cc(C)c(OCC(=O)n2nc(C)cc2C)c(C)c1. The van der Waals surface area contributed by atoms with Crippen molar-refractivity contribution in [3.05, 3.63) is 46.3 Å². The third kappa shape index (κ3) is 2.90. The number of carbonyl (C=O) groups excluding carboxylic acids is 1. The number of ether oxygens (including phenoxy) is 1. The van der Waals surface area contributed by atoms with Crippen molar-refractivity contribution in [2.75, 3.05) is 6.61 Å². The van der Waals surface area contributed by atoms with E-state index in [-0.39, 0.29) is 12.5 Å². The van der Waals surface area contributed by atoms with Crippen LogP contribution in [0.1, 0.15) is 32.9 Å². The van der Waals surface area contributed by atoms with Crippen molar-refractivity contribution >= 4 is 5.91 Å². The number of hydrogen-bond acceptors (Lipinski definition) is 3. The average molecular weight is 272 g/mol. The summed E-state index contributed by atoms with van der Waals surface area (Å²) >= 11 is 0. The second-order valence-electron chi connectivity index (χ2n) is 5.25. The fourth-order valence-corrected chi connectivity index (χ4v) is 2.47. The largest absolute Gasteiger partial charge is 0.483 e. The molecule has 0 spiro atoms. The van der Waals surface area contributed by atoms with E-state index >= 15 is 0 Å². The van der Waals surface area contributed by atoms with Crippen LogP contribution in [-0.2, 0) is 0 Å². The van der Waals surface area contributed by atoms with E-state index in [4.69, 9.17) is 4.74 Å². The predicted octanol–water partition coefficient (Wildman–Crippen LogP) is 3.14. The van der Waals surface area contributed by atoms with Crippen molar-refractivity contribution in [1.82, 2.24) is 9.78 Å². The van der Waals surface area contributed by atoms with Crippen LogP contribution in [0.2, 0.25) is 0 Å². The minimum atomic E-state index is -0.157. The van der Waals surface area contributed by atoms with Crippen molar-refractivity contribution in [3.8, 4) is 5.75 Å². The molecule has 0 N–H and O–H groups in total. The molecule has 0 saturated heterocycles. The van der Waals surface area contributed by atoms with Gasteiger partial charge in [-0.25, -0.2) is 4.68 Å². The zero-order valence-corrected chi connectivity index (χ0v) is 12.7. The molecule has 20 heavy (non-hydrogen) atoms. The van der Waals surface area contributed by atoms with Crippen LogP contribution in [0.4, 0.5) is 0 Å². The third-order valence-electron chi connectivity index (χ3n) is 3.19. The lowest BCUT2D eigenvalue weighted by Crippen LogP contribution is -2.22. The van der Waals surface area contributed by atoms with Gasteiger partial charge in [0.05, 0.1) is 5.69 Å². The van der Waals surface area contributed by atoms with E-state index in [1.807, 2.05) is 40.7 Å². The van der Waals surface area contributed by atoms with Crippen LogP contribution < -0.4 is 4.74 Å². The molecule has 2 aromatic rings. The molecule has 0 amide bonds. The van der Waals surface area contributed by atoms with Gasteiger partial charge in [0.15, 0.2) is 6.61 Å². The summed E-state index contributed by atoms with van der Waals surface area (Å²) in [6, 6.07) is 5.98. The quantitative estimate of drug-likeness (QED) is 0.862. The summed E-state index contributed by atoms with van der Waals surface area (Å²) in [6.45, 7) is 9.75. The fourth-order valence-electron chi connectivity index (χ4n) is 2.47. The highest BCUT2D eigenvalue weighted by Gasteiger charge is 2.12. The molecule has 0 aliphatic carbocycles. The van der Waals surface area contributed by atoms with E-state index < -0.39 is 0 Å². The van der Waals surface area contributed by atoms with Gasteiger partial charge in [-0.15, -0.1) is 0 Å². The first-order chi connectivity index (χ1) is 9.38. The Morgan fingerprint density at radius 3 is 2.20 bits per heavy atom. The molecule has 0 unspecified atom stereocenters. The number of aromatic nitrogens is 2. The number of rotatable bonds is 3. The Morgan fingerprint density at radius 2 is 1.70 bits per heavy atom. The second kappa shape index (κ2) is 5.49. The molecule has 0 radical (unpaired) electrons. The zero-order valence-electron chi connectivity index (χ0n) is 12.7. The van der Waals surface area contributed by atoms with Gasteiger partial charge in [0.25, 0.3) is 5.91 Å². The molecule has 106 valence electrons. The summed E-state index contributed by atoms with van der Waals surface area (Å²) in [5.41, 5.74) is 4.94. The molecule has 1 aromatic heterocycles. The number of nitrogens with zero attached hydrogens (tertiary/aromatic N) is 2. The van der Waals surface area contributed by atoms with Crippen molar-refractivity contribution < 1.29 is 9.53 Å². The summed E-state index contributed by atoms with van der Waals surface area (Å²) in [5, 5.41) is 4.17. The van der Waals surface area contributed by atoms with Crippen molar-refractivity contribution in [2.24, 2.45) is 0 Å². The summed E-state index contributed by atoms with van der Waals surface area (Å²) < 4.78 is 7.09. The zero-order chi connectivity index (χ0) is 14.9. The Morgan fingerprint density at radius 1 is 1.10 bits per heavy atom. The molecule has 4 heteroatoms. The molecule has 1 aromatic carbocycles. The summed E-state index contributed by atoms with van der Waals surface area (Å²) in [7, 11) is 0. The molecule has 4 nitrogen and oxygen atoms in total. The summed E-state index contributed by atoms with van der Waals surface area (Å²) in [5.74, 6) is 0.625. The maximum atomic E-state index is 12.1. The van der Waals surface area contributed by atoms with Crippen molar-refractivity contribution in [1.29, 1.82) is 0 Å². The molecule has 2 rings (SSSR count). The highest BCUT2D eigenvalue weighted by molar-refractivity contribution is 5.80. The van der Waals surface area contributed by atoms with Gasteiger partial charge < -0.3 is 4.74 Å². The van der Waals surface area contributed by atoms with E-state index in [9.17, 15) is 4.79 Å². The highest BCUT2D eigenvalue weighted by atomic mass is 16.5. The van der Waals surface area contributed by atoms with E-state index in [0.717, 1.165) is 28.3 Å². The molecule has 0 atom stereocenters. The Balaban J connectivity index is 2.13. The Hall–Kier alpha value is -2.10. The topological polar surface area (TPSA) is 44.1 Å². The lowest BCUT2D eigenvalue weighted by molar-refractivity contribution is 0.0817. The van der Waals surface area contributed by atoms with E-state index in [1.165, 1.54) is 10.2 Å². The first-order valence-corrected chi connectivity index (χ1v) is 6.65. The molecule has 0 aliphatic heterocycles. The number of hydrogen-bond donors (Lipinski definition) is 0. The van der Waals surface area contributed by atoms with E-state index in [2.05, 4.69) is 17.2 Å². The Bertz CT molecular complexity index is 633. The van der Waals surface area contributed by atoms with Crippen LogP contribution in [0.3, 0.4) is 0 Å². The van der Waals surface area contributed by atoms with Gasteiger partial charge in [0.2, 0.25) is 0 Å². The lowest BCUT2D eigenvalue weighted by atomic mass is 10.1. The maximum absolute atomic E-state index is 12.1. The van der Waals surface area contributed by atoms with Gasteiger partial charge >= 0.3 is 0 Å². The fraction of sp³-hybridized carbons (Fsp3) is 0.375. The smallest absolute Gasteiger partial charge is 0.284 e. The minimum absolute atomic E-state index is 0.00724. The van der Waals surface area contributed by atoms with Crippen LogP contribution in [0.25, 0.3) is 0 Å². The molecule has 0 bridgehead atoms. The summed E-state index contributed by atoms with van der Waals surface area (Å²) in [4.78, 5) is 12.1. The van der Waals surface area contributed by atoms with E-state index in [0.29, 0.717) is 0 Å². The van der Waals surface area contributed by atoms with Gasteiger partial charge in [-0.05, 0) is 51.8 Å². The van der Waals surface area contributed by atoms with Crippen LogP contribution in [-0.4, -0.2) is 22.3 Å². The molecule has 0 saturated carbocycles. The standard InChI is InChI=1S/C16H20N2O2/c1-10-6-11(2)16(12(3)7-10)20-9-15(19)18-14(5)8-13(4)17-18/h6-8H,9H2,1-5H3. The van der Waals surface area contributed by atoms with Gasteiger partial charge in [0, 0.05) is 5.69 Å². The maximum Gasteiger partial charge on any atom is 0.284 e. The van der Waals surface area contributed by atoms with Gasteiger partial charge in [0.1, 0.15) is 5.75 Å². The third-order valence-corrected chi connectivity index (χ3v) is 3.19. The van der Waals surface area contributed by atoms with Crippen LogP contribution in [0.15, 0.2) is 18.2 Å². The van der Waals surface area contributed by atoms with Crippen LogP contribution in [0.5, 0.6) is 5.75 Å².